The predicted octanol–water partition coefficient (Wildman–Crippen LogP) is 0.532. The quantitative estimate of drug-likeness (QED) is 0.734. The highest BCUT2D eigenvalue weighted by atomic mass is 32.2. The number of nitrogens with two attached hydrogens (primary N) is 1. The molecule has 1 aromatic heterocycles. The Balaban J connectivity index is 2.18. The zero-order valence-corrected chi connectivity index (χ0v) is 13.4. The Morgan fingerprint density at radius 1 is 1.38 bits per heavy atom. The molecule has 0 unspecified atom stereocenters. The molecule has 0 spiro atoms. The highest BCUT2D eigenvalue weighted by Gasteiger charge is 2.34. The number of aliphatic hydroxyl groups excluding tert-OH is 1. The van der Waals surface area contributed by atoms with Crippen LogP contribution in [-0.2, 0) is 17.1 Å². The Kier molecular flexibility index (Phi) is 4.60. The summed E-state index contributed by atoms with van der Waals surface area (Å²) < 4.78 is 29.0. The van der Waals surface area contributed by atoms with Crippen LogP contribution in [0.3, 0.4) is 0 Å². The third-order valence-corrected chi connectivity index (χ3v) is 6.03. The van der Waals surface area contributed by atoms with Gasteiger partial charge in [0.1, 0.15) is 4.90 Å². The molecule has 0 radical (unpaired) electrons. The maximum Gasteiger partial charge on any atom is 0.246 e. The van der Waals surface area contributed by atoms with E-state index in [2.05, 4.69) is 9.82 Å². The fraction of sp³-hybridized carbons (Fsp3) is 0.769. The molecule has 1 aliphatic carbocycles. The van der Waals surface area contributed by atoms with Crippen LogP contribution in [0, 0.1) is 12.3 Å². The Labute approximate surface area is 125 Å². The minimum absolute atomic E-state index is 0.00295. The van der Waals surface area contributed by atoms with E-state index in [0.717, 1.165) is 32.1 Å². The number of aliphatic hydroxyl groups is 1. The number of aryl methyl sites for hydroxylation is 1. The lowest BCUT2D eigenvalue weighted by Crippen LogP contribution is -2.41. The molecule has 0 amide bonds. The molecule has 0 aliphatic heterocycles. The van der Waals surface area contributed by atoms with Gasteiger partial charge in [-0.3, -0.25) is 4.68 Å². The van der Waals surface area contributed by atoms with Crippen LogP contribution < -0.4 is 10.5 Å². The van der Waals surface area contributed by atoms with Crippen LogP contribution in [0.15, 0.2) is 4.90 Å². The topological polar surface area (TPSA) is 110 Å². The van der Waals surface area contributed by atoms with Crippen LogP contribution in [0.5, 0.6) is 0 Å². The van der Waals surface area contributed by atoms with Crippen LogP contribution in [0.2, 0.25) is 0 Å². The van der Waals surface area contributed by atoms with Crippen LogP contribution >= 0.6 is 0 Å². The van der Waals surface area contributed by atoms with E-state index < -0.39 is 10.0 Å². The van der Waals surface area contributed by atoms with E-state index in [1.165, 1.54) is 4.68 Å². The molecule has 1 heterocycles. The second-order valence-electron chi connectivity index (χ2n) is 5.97. The first kappa shape index (κ1) is 16.3. The van der Waals surface area contributed by atoms with E-state index >= 15 is 0 Å². The van der Waals surface area contributed by atoms with Crippen molar-refractivity contribution >= 4 is 15.8 Å². The van der Waals surface area contributed by atoms with Crippen molar-refractivity contribution in [3.05, 3.63) is 5.69 Å². The van der Waals surface area contributed by atoms with Gasteiger partial charge in [0.05, 0.1) is 5.69 Å². The average molecular weight is 316 g/mol. The first-order valence-corrected chi connectivity index (χ1v) is 8.69. The maximum absolute atomic E-state index is 12.5. The molecule has 0 aromatic carbocycles. The molecule has 0 saturated heterocycles. The summed E-state index contributed by atoms with van der Waals surface area (Å²) in [6.45, 7) is 1.90. The van der Waals surface area contributed by atoms with Crippen LogP contribution in [-0.4, -0.2) is 36.5 Å². The van der Waals surface area contributed by atoms with Gasteiger partial charge in [-0.05, 0) is 19.8 Å². The zero-order chi connectivity index (χ0) is 15.7. The lowest BCUT2D eigenvalue weighted by molar-refractivity contribution is 0.0867. The number of rotatable bonds is 5. The number of sulfonamides is 1. The molecule has 1 fully saturated rings. The predicted molar refractivity (Wildman–Crippen MR) is 80.1 cm³/mol. The summed E-state index contributed by atoms with van der Waals surface area (Å²) in [6.07, 6.45) is 4.87. The van der Waals surface area contributed by atoms with Crippen molar-refractivity contribution in [1.29, 1.82) is 0 Å². The molecule has 0 atom stereocenters. The molecule has 120 valence electrons. The molecule has 1 aromatic rings. The number of nitrogen functional groups attached to an aromatic ring is 1. The van der Waals surface area contributed by atoms with Gasteiger partial charge in [0.25, 0.3) is 0 Å². The summed E-state index contributed by atoms with van der Waals surface area (Å²) in [5, 5.41) is 13.6. The molecule has 7 nitrogen and oxygen atoms in total. The van der Waals surface area contributed by atoms with Crippen molar-refractivity contribution < 1.29 is 13.5 Å². The van der Waals surface area contributed by atoms with Gasteiger partial charge in [-0.1, -0.05) is 19.3 Å². The van der Waals surface area contributed by atoms with Gasteiger partial charge in [0, 0.05) is 25.6 Å². The fourth-order valence-corrected chi connectivity index (χ4v) is 4.44. The van der Waals surface area contributed by atoms with Crippen LogP contribution in [0.25, 0.3) is 0 Å². The molecule has 2 rings (SSSR count). The first-order chi connectivity index (χ1) is 9.81. The second kappa shape index (κ2) is 5.94. The number of anilines is 1. The maximum atomic E-state index is 12.5. The smallest absolute Gasteiger partial charge is 0.246 e. The highest BCUT2D eigenvalue weighted by molar-refractivity contribution is 7.89. The molecular weight excluding hydrogens is 292 g/mol. The number of hydrogen-bond donors (Lipinski definition) is 3. The van der Waals surface area contributed by atoms with Crippen molar-refractivity contribution in [2.75, 3.05) is 18.9 Å². The van der Waals surface area contributed by atoms with Crippen molar-refractivity contribution in [3.8, 4) is 0 Å². The zero-order valence-electron chi connectivity index (χ0n) is 12.6. The molecular formula is C13H24N4O3S. The molecule has 4 N–H and O–H groups in total. The standard InChI is InChI=1S/C13H24N4O3S/c1-10-11(12(14)16-17(10)2)21(19,20)15-8-13(9-18)6-4-3-5-7-13/h15,18H,3-9H2,1-2H3,(H2,14,16). The molecule has 8 heteroatoms. The SMILES string of the molecule is Cc1c(S(=O)(=O)NCC2(CO)CCCCC2)c(N)nn1C. The number of aromatic nitrogens is 2. The summed E-state index contributed by atoms with van der Waals surface area (Å²) in [7, 11) is -2.06. The summed E-state index contributed by atoms with van der Waals surface area (Å²) in [5.74, 6) is 0.00388. The van der Waals surface area contributed by atoms with E-state index in [9.17, 15) is 13.5 Å². The third-order valence-electron chi connectivity index (χ3n) is 4.46. The Morgan fingerprint density at radius 2 is 2.00 bits per heavy atom. The first-order valence-electron chi connectivity index (χ1n) is 7.21. The van der Waals surface area contributed by atoms with E-state index in [1.807, 2.05) is 0 Å². The van der Waals surface area contributed by atoms with E-state index in [-0.39, 0.29) is 29.3 Å². The van der Waals surface area contributed by atoms with E-state index in [4.69, 9.17) is 5.73 Å². The monoisotopic (exact) mass is 316 g/mol. The lowest BCUT2D eigenvalue weighted by Gasteiger charge is -2.35. The van der Waals surface area contributed by atoms with Gasteiger partial charge in [0.15, 0.2) is 5.82 Å². The Hall–Kier alpha value is -1.12. The number of hydrogen-bond acceptors (Lipinski definition) is 5. The van der Waals surface area contributed by atoms with E-state index in [1.54, 1.807) is 14.0 Å². The largest absolute Gasteiger partial charge is 0.396 e. The Bertz CT molecular complexity index is 603. The van der Waals surface area contributed by atoms with Crippen molar-refractivity contribution in [1.82, 2.24) is 14.5 Å². The van der Waals surface area contributed by atoms with Gasteiger partial charge in [-0.15, -0.1) is 0 Å². The number of nitrogens with zero attached hydrogens (tertiary/aromatic N) is 2. The van der Waals surface area contributed by atoms with Crippen LogP contribution in [0.1, 0.15) is 37.8 Å². The molecule has 21 heavy (non-hydrogen) atoms. The van der Waals surface area contributed by atoms with Crippen molar-refractivity contribution in [2.45, 2.75) is 43.9 Å². The van der Waals surface area contributed by atoms with Gasteiger partial charge in [-0.2, -0.15) is 5.10 Å². The fourth-order valence-electron chi connectivity index (χ4n) is 2.96. The minimum atomic E-state index is -3.72. The summed E-state index contributed by atoms with van der Waals surface area (Å²) in [4.78, 5) is 0.0360. The van der Waals surface area contributed by atoms with Gasteiger partial charge < -0.3 is 10.8 Å². The average Bonchev–Trinajstić information content (AvgIpc) is 2.71. The van der Waals surface area contributed by atoms with Gasteiger partial charge >= 0.3 is 0 Å². The summed E-state index contributed by atoms with van der Waals surface area (Å²) in [5.41, 5.74) is 5.85. The Morgan fingerprint density at radius 3 is 2.48 bits per heavy atom. The third kappa shape index (κ3) is 3.22. The lowest BCUT2D eigenvalue weighted by atomic mass is 9.75. The van der Waals surface area contributed by atoms with E-state index in [0.29, 0.717) is 5.69 Å². The second-order valence-corrected chi connectivity index (χ2v) is 7.67. The van der Waals surface area contributed by atoms with Crippen LogP contribution in [0.4, 0.5) is 5.82 Å². The summed E-state index contributed by atoms with van der Waals surface area (Å²) in [6, 6.07) is 0. The number of nitrogens with one attached hydrogen (secondary N) is 1. The highest BCUT2D eigenvalue weighted by Crippen LogP contribution is 2.35. The van der Waals surface area contributed by atoms with Gasteiger partial charge in [-0.25, -0.2) is 13.1 Å². The van der Waals surface area contributed by atoms with Crippen molar-refractivity contribution in [2.24, 2.45) is 12.5 Å². The summed E-state index contributed by atoms with van der Waals surface area (Å²) >= 11 is 0. The molecule has 1 aliphatic rings. The van der Waals surface area contributed by atoms with Gasteiger partial charge in [0.2, 0.25) is 10.0 Å². The van der Waals surface area contributed by atoms with Crippen molar-refractivity contribution in [3.63, 3.8) is 0 Å². The minimum Gasteiger partial charge on any atom is -0.396 e. The molecule has 1 saturated carbocycles. The molecule has 0 bridgehead atoms. The normalized spacial score (nSPS) is 18.8.